The van der Waals surface area contributed by atoms with Gasteiger partial charge in [-0.25, -0.2) is 9.97 Å². The maximum Gasteiger partial charge on any atom is 0.227 e. The average molecular weight is 263 g/mol. The third-order valence-corrected chi connectivity index (χ3v) is 3.67. The predicted octanol–water partition coefficient (Wildman–Crippen LogP) is 2.26. The summed E-state index contributed by atoms with van der Waals surface area (Å²) in [6, 6.07) is 2.49. The molecule has 2 aromatic heterocycles. The van der Waals surface area contributed by atoms with Crippen molar-refractivity contribution in [3.63, 3.8) is 0 Å². The number of hydrogen-bond donors (Lipinski definition) is 2. The third kappa shape index (κ3) is 3.40. The van der Waals surface area contributed by atoms with Gasteiger partial charge in [-0.3, -0.25) is 0 Å². The topological polar surface area (TPSA) is 76.7 Å². The standard InChI is InChI=1S/C12H17N5S/c1-8(3-4-10-5-6-18-9(10)2)16-12-15-7-14-11(13)17-12/h5-8H,3-4H2,1-2H3,(H3,13,14,15,16,17). The Labute approximate surface area is 111 Å². The van der Waals surface area contributed by atoms with Crippen LogP contribution in [0.25, 0.3) is 0 Å². The van der Waals surface area contributed by atoms with Crippen LogP contribution in [0.3, 0.4) is 0 Å². The number of nitrogen functional groups attached to an aromatic ring is 1. The van der Waals surface area contributed by atoms with E-state index >= 15 is 0 Å². The molecule has 0 saturated carbocycles. The van der Waals surface area contributed by atoms with Crippen LogP contribution >= 0.6 is 11.3 Å². The van der Waals surface area contributed by atoms with Crippen molar-refractivity contribution in [1.29, 1.82) is 0 Å². The summed E-state index contributed by atoms with van der Waals surface area (Å²) < 4.78 is 0. The minimum absolute atomic E-state index is 0.244. The zero-order valence-corrected chi connectivity index (χ0v) is 11.4. The van der Waals surface area contributed by atoms with Crippen LogP contribution in [0.2, 0.25) is 0 Å². The highest BCUT2D eigenvalue weighted by atomic mass is 32.1. The minimum Gasteiger partial charge on any atom is -0.368 e. The van der Waals surface area contributed by atoms with E-state index in [0.717, 1.165) is 12.8 Å². The molecule has 0 aromatic carbocycles. The van der Waals surface area contributed by atoms with Crippen LogP contribution in [0.5, 0.6) is 0 Å². The Bertz CT molecular complexity index is 511. The van der Waals surface area contributed by atoms with Crippen LogP contribution in [0.15, 0.2) is 17.8 Å². The fourth-order valence-corrected chi connectivity index (χ4v) is 2.47. The number of rotatable bonds is 5. The van der Waals surface area contributed by atoms with Gasteiger partial charge in [-0.1, -0.05) is 0 Å². The second-order valence-electron chi connectivity index (χ2n) is 4.25. The molecule has 0 aliphatic rings. The zero-order chi connectivity index (χ0) is 13.0. The van der Waals surface area contributed by atoms with Gasteiger partial charge >= 0.3 is 0 Å². The van der Waals surface area contributed by atoms with Crippen molar-refractivity contribution in [2.45, 2.75) is 32.7 Å². The smallest absolute Gasteiger partial charge is 0.227 e. The molecule has 18 heavy (non-hydrogen) atoms. The van der Waals surface area contributed by atoms with Gasteiger partial charge in [0.1, 0.15) is 6.33 Å². The van der Waals surface area contributed by atoms with Gasteiger partial charge < -0.3 is 11.1 Å². The molecule has 0 amide bonds. The van der Waals surface area contributed by atoms with Crippen LogP contribution in [0.1, 0.15) is 23.8 Å². The van der Waals surface area contributed by atoms with Crippen molar-refractivity contribution in [1.82, 2.24) is 15.0 Å². The molecule has 2 rings (SSSR count). The summed E-state index contributed by atoms with van der Waals surface area (Å²) in [6.45, 7) is 4.27. The normalized spacial score (nSPS) is 12.3. The summed E-state index contributed by atoms with van der Waals surface area (Å²) in [5.74, 6) is 0.783. The number of aromatic nitrogens is 3. The van der Waals surface area contributed by atoms with Gasteiger partial charge in [-0.2, -0.15) is 4.98 Å². The summed E-state index contributed by atoms with van der Waals surface area (Å²) in [4.78, 5) is 13.2. The van der Waals surface area contributed by atoms with Gasteiger partial charge in [-0.15, -0.1) is 11.3 Å². The highest BCUT2D eigenvalue weighted by Crippen LogP contribution is 2.17. The van der Waals surface area contributed by atoms with E-state index in [2.05, 4.69) is 45.6 Å². The minimum atomic E-state index is 0.244. The molecule has 2 aromatic rings. The van der Waals surface area contributed by atoms with E-state index in [1.165, 1.54) is 16.8 Å². The lowest BCUT2D eigenvalue weighted by Gasteiger charge is -2.13. The molecule has 0 radical (unpaired) electrons. The predicted molar refractivity (Wildman–Crippen MR) is 74.7 cm³/mol. The quantitative estimate of drug-likeness (QED) is 0.865. The summed E-state index contributed by atoms with van der Waals surface area (Å²) >= 11 is 1.79. The Kier molecular flexibility index (Phi) is 4.09. The first-order valence-electron chi connectivity index (χ1n) is 5.89. The Balaban J connectivity index is 1.86. The van der Waals surface area contributed by atoms with Crippen molar-refractivity contribution in [3.05, 3.63) is 28.2 Å². The highest BCUT2D eigenvalue weighted by molar-refractivity contribution is 7.10. The van der Waals surface area contributed by atoms with Crippen LogP contribution in [-0.2, 0) is 6.42 Å². The largest absolute Gasteiger partial charge is 0.368 e. The van der Waals surface area contributed by atoms with Gasteiger partial charge in [0.05, 0.1) is 0 Å². The van der Waals surface area contributed by atoms with Crippen molar-refractivity contribution in [2.75, 3.05) is 11.1 Å². The van der Waals surface area contributed by atoms with Crippen LogP contribution in [0, 0.1) is 6.92 Å². The van der Waals surface area contributed by atoms with Gasteiger partial charge in [0, 0.05) is 10.9 Å². The lowest BCUT2D eigenvalue weighted by atomic mass is 10.1. The number of hydrogen-bond acceptors (Lipinski definition) is 6. The first-order valence-corrected chi connectivity index (χ1v) is 6.77. The molecule has 0 aliphatic heterocycles. The monoisotopic (exact) mass is 263 g/mol. The van der Waals surface area contributed by atoms with Gasteiger partial charge in [0.15, 0.2) is 0 Å². The Hall–Kier alpha value is -1.69. The van der Waals surface area contributed by atoms with Crippen molar-refractivity contribution in [2.24, 2.45) is 0 Å². The molecule has 0 saturated heterocycles. The lowest BCUT2D eigenvalue weighted by molar-refractivity contribution is 0.697. The zero-order valence-electron chi connectivity index (χ0n) is 10.6. The first kappa shape index (κ1) is 12.8. The van der Waals surface area contributed by atoms with Crippen LogP contribution in [0.4, 0.5) is 11.9 Å². The van der Waals surface area contributed by atoms with Crippen LogP contribution in [-0.4, -0.2) is 21.0 Å². The van der Waals surface area contributed by atoms with Crippen molar-refractivity contribution < 1.29 is 0 Å². The maximum absolute atomic E-state index is 5.50. The van der Waals surface area contributed by atoms with Crippen molar-refractivity contribution in [3.8, 4) is 0 Å². The van der Waals surface area contributed by atoms with Gasteiger partial charge in [-0.05, 0) is 43.7 Å². The number of nitrogens with one attached hydrogen (secondary N) is 1. The van der Waals surface area contributed by atoms with E-state index in [9.17, 15) is 0 Å². The third-order valence-electron chi connectivity index (χ3n) is 2.78. The second kappa shape index (κ2) is 5.77. The number of thiophene rings is 1. The molecule has 2 heterocycles. The summed E-state index contributed by atoms with van der Waals surface area (Å²) in [7, 11) is 0. The molecular weight excluding hydrogens is 246 g/mol. The molecule has 0 bridgehead atoms. The molecule has 0 spiro atoms. The fourth-order valence-electron chi connectivity index (χ4n) is 1.71. The fraction of sp³-hybridized carbons (Fsp3) is 0.417. The number of anilines is 2. The molecule has 96 valence electrons. The van der Waals surface area contributed by atoms with E-state index < -0.39 is 0 Å². The summed E-state index contributed by atoms with van der Waals surface area (Å²) in [5.41, 5.74) is 6.92. The second-order valence-corrected chi connectivity index (χ2v) is 5.37. The summed E-state index contributed by atoms with van der Waals surface area (Å²) in [5, 5.41) is 5.36. The molecular formula is C12H17N5S. The molecule has 0 fully saturated rings. The van der Waals surface area contributed by atoms with Gasteiger partial charge in [0.2, 0.25) is 11.9 Å². The Morgan fingerprint density at radius 3 is 2.94 bits per heavy atom. The van der Waals surface area contributed by atoms with E-state index in [4.69, 9.17) is 5.73 Å². The Morgan fingerprint density at radius 2 is 2.28 bits per heavy atom. The van der Waals surface area contributed by atoms with Gasteiger partial charge in [0.25, 0.3) is 0 Å². The first-order chi connectivity index (χ1) is 8.65. The van der Waals surface area contributed by atoms with E-state index in [1.807, 2.05) is 0 Å². The van der Waals surface area contributed by atoms with Crippen LogP contribution < -0.4 is 11.1 Å². The summed E-state index contributed by atoms with van der Waals surface area (Å²) in [6.07, 6.45) is 3.51. The molecule has 1 unspecified atom stereocenters. The Morgan fingerprint density at radius 1 is 1.44 bits per heavy atom. The molecule has 1 atom stereocenters. The number of nitrogens with zero attached hydrogens (tertiary/aromatic N) is 3. The average Bonchev–Trinajstić information content (AvgIpc) is 2.72. The van der Waals surface area contributed by atoms with E-state index in [-0.39, 0.29) is 5.95 Å². The molecule has 0 aliphatic carbocycles. The number of aryl methyl sites for hydroxylation is 2. The highest BCUT2D eigenvalue weighted by Gasteiger charge is 2.07. The molecule has 3 N–H and O–H groups in total. The lowest BCUT2D eigenvalue weighted by Crippen LogP contribution is -2.18. The molecule has 5 nitrogen and oxygen atoms in total. The SMILES string of the molecule is Cc1sccc1CCC(C)Nc1ncnc(N)n1. The van der Waals surface area contributed by atoms with Crippen molar-refractivity contribution >= 4 is 23.2 Å². The molecule has 6 heteroatoms. The van der Waals surface area contributed by atoms with E-state index in [1.54, 1.807) is 11.3 Å². The number of nitrogens with two attached hydrogens (primary N) is 1. The maximum atomic E-state index is 5.50. The van der Waals surface area contributed by atoms with E-state index in [0.29, 0.717) is 12.0 Å².